The molecule has 3 aromatic rings. The van der Waals surface area contributed by atoms with Crippen molar-refractivity contribution in [1.82, 2.24) is 15.5 Å². The zero-order valence-electron chi connectivity index (χ0n) is 30.1. The van der Waals surface area contributed by atoms with Crippen LogP contribution in [0, 0.1) is 0 Å². The van der Waals surface area contributed by atoms with Crippen LogP contribution in [0.4, 0.5) is 4.79 Å². The maximum Gasteiger partial charge on any atom is 0.412 e. The number of carbonyl (C=O) groups excluding carboxylic acids is 2. The number of nitrogens with one attached hydrogen (secondary N) is 2. The number of nitrogens with zero attached hydrogens (tertiary/aromatic N) is 1. The number of allylic oxidation sites excluding steroid dienone is 12. The number of rotatable bonds is 22. The Balaban J connectivity index is 1.19. The van der Waals surface area contributed by atoms with E-state index in [0.717, 1.165) is 44.1 Å². The normalized spacial score (nSPS) is 12.2. The van der Waals surface area contributed by atoms with Crippen molar-refractivity contribution in [1.29, 1.82) is 0 Å². The van der Waals surface area contributed by atoms with Gasteiger partial charge in [-0.25, -0.2) is 4.79 Å². The quantitative estimate of drug-likeness (QED) is 0.102. The molecule has 0 aliphatic rings. The second kappa shape index (κ2) is 24.8. The van der Waals surface area contributed by atoms with Gasteiger partial charge in [-0.1, -0.05) is 110 Å². The standard InChI is InChI=1S/C43H53N3O5/c1-3-4-5-6-7-8-9-10-11-12-13-14-15-16-17-18-19-20-24-27-42(48)44-30-32-46(2)33-31-45-43(49)50-37-28-29-40-38(34-37)39(47)35-41(51-40)36-25-22-21-23-26-36/h4-5,7-8,10-11,13-14,16-17,19-23,25-26,28-29,34-35H,3,6,9,12,15,18,24,27,30-33H2,1-2H3,(H,44,48)(H,45,49)/b5-4-,8-7-,11-10-,14-13-,17-16-,20-19-. The largest absolute Gasteiger partial charge is 0.456 e. The van der Waals surface area contributed by atoms with E-state index in [1.807, 2.05) is 48.4 Å². The van der Waals surface area contributed by atoms with Crippen molar-refractivity contribution in [3.63, 3.8) is 0 Å². The second-order valence-electron chi connectivity index (χ2n) is 11.9. The first-order chi connectivity index (χ1) is 25.0. The minimum Gasteiger partial charge on any atom is -0.456 e. The highest BCUT2D eigenvalue weighted by molar-refractivity contribution is 5.81. The molecule has 1 aromatic heterocycles. The van der Waals surface area contributed by atoms with Crippen molar-refractivity contribution in [2.24, 2.45) is 0 Å². The summed E-state index contributed by atoms with van der Waals surface area (Å²) in [6, 6.07) is 15.5. The molecule has 0 saturated carbocycles. The van der Waals surface area contributed by atoms with E-state index in [1.54, 1.807) is 12.1 Å². The van der Waals surface area contributed by atoms with Crippen molar-refractivity contribution in [2.45, 2.75) is 58.3 Å². The average molecular weight is 692 g/mol. The molecule has 270 valence electrons. The van der Waals surface area contributed by atoms with E-state index >= 15 is 0 Å². The predicted octanol–water partition coefficient (Wildman–Crippen LogP) is 9.07. The highest BCUT2D eigenvalue weighted by Crippen LogP contribution is 2.24. The van der Waals surface area contributed by atoms with Gasteiger partial charge in [0, 0.05) is 44.2 Å². The van der Waals surface area contributed by atoms with Gasteiger partial charge in [0.2, 0.25) is 5.91 Å². The van der Waals surface area contributed by atoms with Gasteiger partial charge < -0.3 is 24.7 Å². The van der Waals surface area contributed by atoms with Crippen molar-refractivity contribution in [3.8, 4) is 17.1 Å². The molecule has 2 N–H and O–H groups in total. The summed E-state index contributed by atoms with van der Waals surface area (Å²) in [6.45, 7) is 4.26. The summed E-state index contributed by atoms with van der Waals surface area (Å²) in [5, 5.41) is 6.00. The van der Waals surface area contributed by atoms with E-state index in [0.29, 0.717) is 55.8 Å². The number of hydrogen-bond donors (Lipinski definition) is 2. The van der Waals surface area contributed by atoms with E-state index in [-0.39, 0.29) is 17.1 Å². The fraction of sp³-hybridized carbons (Fsp3) is 0.326. The van der Waals surface area contributed by atoms with Crippen molar-refractivity contribution >= 4 is 23.0 Å². The lowest BCUT2D eigenvalue weighted by Crippen LogP contribution is -2.38. The summed E-state index contributed by atoms with van der Waals surface area (Å²) >= 11 is 0. The molecule has 0 aliphatic carbocycles. The Bertz CT molecular complexity index is 1720. The van der Waals surface area contributed by atoms with Crippen LogP contribution in [0.15, 0.2) is 137 Å². The Hall–Kier alpha value is -5.21. The lowest BCUT2D eigenvalue weighted by Gasteiger charge is -2.17. The molecule has 1 heterocycles. The third-order valence-corrected chi connectivity index (χ3v) is 7.68. The maximum absolute atomic E-state index is 12.7. The molecule has 2 aromatic carbocycles. The molecule has 0 spiro atoms. The second-order valence-corrected chi connectivity index (χ2v) is 11.9. The van der Waals surface area contributed by atoms with Crippen LogP contribution in [0.3, 0.4) is 0 Å². The topological polar surface area (TPSA) is 101 Å². The van der Waals surface area contributed by atoms with Gasteiger partial charge in [-0.2, -0.15) is 0 Å². The number of ether oxygens (including phenoxy) is 1. The number of benzene rings is 2. The summed E-state index contributed by atoms with van der Waals surface area (Å²) in [4.78, 5) is 39.2. The molecule has 0 radical (unpaired) electrons. The van der Waals surface area contributed by atoms with Crippen LogP contribution in [0.25, 0.3) is 22.3 Å². The predicted molar refractivity (Wildman–Crippen MR) is 210 cm³/mol. The first-order valence-electron chi connectivity index (χ1n) is 17.9. The summed E-state index contributed by atoms with van der Waals surface area (Å²) < 4.78 is 11.3. The van der Waals surface area contributed by atoms with Gasteiger partial charge in [0.1, 0.15) is 17.1 Å². The van der Waals surface area contributed by atoms with E-state index in [4.69, 9.17) is 9.15 Å². The van der Waals surface area contributed by atoms with Gasteiger partial charge >= 0.3 is 6.09 Å². The molecule has 8 heteroatoms. The Kier molecular flexibility index (Phi) is 19.6. The summed E-state index contributed by atoms with van der Waals surface area (Å²) in [5.74, 6) is 0.745. The number of hydrogen-bond acceptors (Lipinski definition) is 6. The molecule has 0 saturated heterocycles. The lowest BCUT2D eigenvalue weighted by atomic mass is 10.1. The molecule has 3 rings (SSSR count). The van der Waals surface area contributed by atoms with Crippen LogP contribution >= 0.6 is 0 Å². The average Bonchev–Trinajstić information content (AvgIpc) is 3.13. The zero-order valence-corrected chi connectivity index (χ0v) is 30.1. The Morgan fingerprint density at radius 1 is 0.725 bits per heavy atom. The lowest BCUT2D eigenvalue weighted by molar-refractivity contribution is -0.121. The van der Waals surface area contributed by atoms with Gasteiger partial charge in [-0.3, -0.25) is 9.59 Å². The number of likely N-dealkylation sites (N-methyl/N-ethyl adjacent to an activating group) is 1. The van der Waals surface area contributed by atoms with E-state index in [1.165, 1.54) is 12.1 Å². The van der Waals surface area contributed by atoms with Gasteiger partial charge in [0.05, 0.1) is 5.39 Å². The van der Waals surface area contributed by atoms with Crippen LogP contribution in [0.5, 0.6) is 5.75 Å². The Morgan fingerprint density at radius 3 is 1.90 bits per heavy atom. The number of carbonyl (C=O) groups is 2. The maximum atomic E-state index is 12.7. The number of amides is 2. The Labute approximate surface area is 303 Å². The number of fused-ring (bicyclic) bond motifs is 1. The Morgan fingerprint density at radius 2 is 1.29 bits per heavy atom. The van der Waals surface area contributed by atoms with Crippen LogP contribution in [-0.4, -0.2) is 50.1 Å². The van der Waals surface area contributed by atoms with E-state index in [9.17, 15) is 14.4 Å². The molecule has 8 nitrogen and oxygen atoms in total. The SMILES string of the molecule is CC/C=C\C/C=C\C/C=C\C/C=C\C/C=C\C/C=C\CCC(=O)NCCN(C)CCNC(=O)Oc1ccc2oc(-c3ccccc3)cc(=O)c2c1. The third kappa shape index (κ3) is 17.3. The summed E-state index contributed by atoms with van der Waals surface area (Å²) in [7, 11) is 1.92. The first-order valence-corrected chi connectivity index (χ1v) is 17.9. The molecule has 0 fully saturated rings. The highest BCUT2D eigenvalue weighted by atomic mass is 16.6. The molecule has 0 bridgehead atoms. The third-order valence-electron chi connectivity index (χ3n) is 7.68. The summed E-state index contributed by atoms with van der Waals surface area (Å²) in [5.41, 5.74) is 1.00. The van der Waals surface area contributed by atoms with Crippen molar-refractivity contribution in [3.05, 3.63) is 138 Å². The molecule has 0 atom stereocenters. The fourth-order valence-corrected chi connectivity index (χ4v) is 4.88. The van der Waals surface area contributed by atoms with Crippen molar-refractivity contribution in [2.75, 3.05) is 33.2 Å². The molecular weight excluding hydrogens is 638 g/mol. The molecule has 0 aliphatic heterocycles. The molecule has 51 heavy (non-hydrogen) atoms. The zero-order chi connectivity index (χ0) is 36.4. The van der Waals surface area contributed by atoms with Gasteiger partial charge in [0.25, 0.3) is 0 Å². The van der Waals surface area contributed by atoms with Crippen LogP contribution in [-0.2, 0) is 4.79 Å². The monoisotopic (exact) mass is 691 g/mol. The van der Waals surface area contributed by atoms with Gasteiger partial charge in [-0.15, -0.1) is 0 Å². The van der Waals surface area contributed by atoms with Gasteiger partial charge in [0.15, 0.2) is 5.43 Å². The fourth-order valence-electron chi connectivity index (χ4n) is 4.88. The highest BCUT2D eigenvalue weighted by Gasteiger charge is 2.11. The molecule has 0 unspecified atom stereocenters. The first kappa shape index (κ1) is 40.2. The molecular formula is C43H53N3O5. The van der Waals surface area contributed by atoms with Gasteiger partial charge in [-0.05, 0) is 70.2 Å². The van der Waals surface area contributed by atoms with Crippen molar-refractivity contribution < 1.29 is 18.7 Å². The van der Waals surface area contributed by atoms with Crippen LogP contribution in [0.1, 0.15) is 58.3 Å². The smallest absolute Gasteiger partial charge is 0.412 e. The minimum absolute atomic E-state index is 0.0188. The minimum atomic E-state index is -0.615. The van der Waals surface area contributed by atoms with Crippen LogP contribution < -0.4 is 20.8 Å². The van der Waals surface area contributed by atoms with E-state index < -0.39 is 6.09 Å². The summed E-state index contributed by atoms with van der Waals surface area (Å²) in [6.07, 6.45) is 32.4. The van der Waals surface area contributed by atoms with E-state index in [2.05, 4.69) is 84.4 Å². The van der Waals surface area contributed by atoms with Crippen LogP contribution in [0.2, 0.25) is 0 Å². The molecule has 2 amide bonds.